The molecular formula is C24H47NO4. The monoisotopic (exact) mass is 413 g/mol. The van der Waals surface area contributed by atoms with Gasteiger partial charge in [-0.25, -0.2) is 0 Å². The molecular weight excluding hydrogens is 366 g/mol. The molecule has 0 fully saturated rings. The van der Waals surface area contributed by atoms with Gasteiger partial charge in [0.15, 0.2) is 11.4 Å². The number of likely N-dealkylation sites (N-methyl/N-ethyl adjacent to an activating group) is 1. The maximum atomic E-state index is 12.8. The zero-order valence-corrected chi connectivity index (χ0v) is 19.8. The predicted octanol–water partition coefficient (Wildman–Crippen LogP) is 3.86. The molecule has 172 valence electrons. The fourth-order valence-corrected chi connectivity index (χ4v) is 4.13. The van der Waals surface area contributed by atoms with Crippen LogP contribution in [0, 0.1) is 5.92 Å². The van der Waals surface area contributed by atoms with Gasteiger partial charge in [-0.15, -0.1) is 0 Å². The van der Waals surface area contributed by atoms with Gasteiger partial charge in [0.25, 0.3) is 0 Å². The summed E-state index contributed by atoms with van der Waals surface area (Å²) in [5.74, 6) is -2.08. The molecule has 0 bridgehead atoms. The van der Waals surface area contributed by atoms with Crippen molar-refractivity contribution >= 4 is 11.8 Å². The summed E-state index contributed by atoms with van der Waals surface area (Å²) in [4.78, 5) is 23.8. The average molecular weight is 414 g/mol. The van der Waals surface area contributed by atoms with E-state index in [2.05, 4.69) is 6.92 Å². The molecule has 1 N–H and O–H groups in total. The lowest BCUT2D eigenvalue weighted by Gasteiger charge is -2.36. The Balaban J connectivity index is 4.06. The number of quaternary nitrogens is 1. The zero-order chi connectivity index (χ0) is 22.3. The Bertz CT molecular complexity index is 458. The number of ketones is 1. The third kappa shape index (κ3) is 14.6. The second kappa shape index (κ2) is 15.0. The molecule has 0 aliphatic heterocycles. The van der Waals surface area contributed by atoms with Crippen LogP contribution in [0.3, 0.4) is 0 Å². The zero-order valence-electron chi connectivity index (χ0n) is 19.8. The number of rotatable bonds is 19. The van der Waals surface area contributed by atoms with Crippen molar-refractivity contribution in [3.8, 4) is 0 Å². The fraction of sp³-hybridized carbons (Fsp3) is 0.917. The number of hydrogen-bond donors (Lipinski definition) is 1. The van der Waals surface area contributed by atoms with Gasteiger partial charge in [-0.2, -0.15) is 0 Å². The van der Waals surface area contributed by atoms with Gasteiger partial charge in [-0.3, -0.25) is 4.79 Å². The third-order valence-corrected chi connectivity index (χ3v) is 5.57. The molecule has 0 rings (SSSR count). The molecule has 0 spiro atoms. The summed E-state index contributed by atoms with van der Waals surface area (Å²) in [6.45, 7) is 4.12. The summed E-state index contributed by atoms with van der Waals surface area (Å²) in [6, 6.07) is 0. The van der Waals surface area contributed by atoms with Crippen LogP contribution in [0.15, 0.2) is 0 Å². The second-order valence-corrected chi connectivity index (χ2v) is 9.97. The molecule has 0 radical (unpaired) electrons. The summed E-state index contributed by atoms with van der Waals surface area (Å²) in [6.07, 6.45) is 15.2. The topological polar surface area (TPSA) is 77.4 Å². The average Bonchev–Trinajstić information content (AvgIpc) is 2.59. The van der Waals surface area contributed by atoms with Crippen LogP contribution in [0.4, 0.5) is 0 Å². The highest BCUT2D eigenvalue weighted by molar-refractivity contribution is 5.92. The van der Waals surface area contributed by atoms with E-state index in [1.807, 2.05) is 21.1 Å². The van der Waals surface area contributed by atoms with Gasteiger partial charge < -0.3 is 19.5 Å². The van der Waals surface area contributed by atoms with Crippen molar-refractivity contribution in [3.63, 3.8) is 0 Å². The van der Waals surface area contributed by atoms with Crippen LogP contribution in [0.1, 0.15) is 104 Å². The van der Waals surface area contributed by atoms with Crippen LogP contribution < -0.4 is 5.11 Å². The van der Waals surface area contributed by atoms with Gasteiger partial charge in [0, 0.05) is 18.3 Å². The Morgan fingerprint density at radius 3 is 1.66 bits per heavy atom. The lowest BCUT2D eigenvalue weighted by Crippen LogP contribution is -2.57. The molecule has 0 aromatic rings. The Kier molecular flexibility index (Phi) is 14.5. The largest absolute Gasteiger partial charge is 0.550 e. The molecule has 5 nitrogen and oxygen atoms in total. The molecule has 0 aromatic carbocycles. The number of carboxylic acid groups (broad SMARTS) is 1. The summed E-state index contributed by atoms with van der Waals surface area (Å²) in [5.41, 5.74) is -1.85. The summed E-state index contributed by atoms with van der Waals surface area (Å²) >= 11 is 0. The number of nitrogens with zero attached hydrogens (tertiary/aromatic N) is 1. The highest BCUT2D eigenvalue weighted by Crippen LogP contribution is 2.23. The number of aliphatic hydroxyl groups is 1. The number of Topliss-reactive ketones (excluding diaryl/α,β-unsaturated/α-hetero) is 1. The molecule has 0 aliphatic rings. The van der Waals surface area contributed by atoms with Crippen LogP contribution in [-0.2, 0) is 9.59 Å². The summed E-state index contributed by atoms with van der Waals surface area (Å²) in [7, 11) is 5.51. The Hall–Kier alpha value is -0.940. The predicted molar refractivity (Wildman–Crippen MR) is 117 cm³/mol. The van der Waals surface area contributed by atoms with E-state index in [-0.39, 0.29) is 18.2 Å². The number of carbonyl (C=O) groups excluding carboxylic acids is 2. The smallest absolute Gasteiger partial charge is 0.177 e. The van der Waals surface area contributed by atoms with E-state index in [0.717, 1.165) is 12.8 Å². The highest BCUT2D eigenvalue weighted by atomic mass is 16.4. The van der Waals surface area contributed by atoms with E-state index in [1.165, 1.54) is 64.2 Å². The first kappa shape index (κ1) is 28.1. The molecule has 0 amide bonds. The second-order valence-electron chi connectivity index (χ2n) is 9.97. The van der Waals surface area contributed by atoms with Crippen LogP contribution >= 0.6 is 0 Å². The lowest BCUT2D eigenvalue weighted by molar-refractivity contribution is -0.875. The van der Waals surface area contributed by atoms with Crippen molar-refractivity contribution in [2.75, 3.05) is 27.7 Å². The molecule has 0 saturated heterocycles. The third-order valence-electron chi connectivity index (χ3n) is 5.57. The maximum Gasteiger partial charge on any atom is 0.177 e. The summed E-state index contributed by atoms with van der Waals surface area (Å²) < 4.78 is 0.320. The van der Waals surface area contributed by atoms with Crippen molar-refractivity contribution in [2.45, 2.75) is 109 Å². The molecule has 0 aliphatic carbocycles. The van der Waals surface area contributed by atoms with Crippen LogP contribution in [0.5, 0.6) is 0 Å². The minimum absolute atomic E-state index is 0.0720. The van der Waals surface area contributed by atoms with Gasteiger partial charge in [0.1, 0.15) is 6.54 Å². The van der Waals surface area contributed by atoms with E-state index < -0.39 is 18.0 Å². The standard InChI is InChI=1S/C24H47NO4/c1-6-7-8-9-10-11-12-13-14-15-16-17-18-21(2)23(28)24(29,19-22(26)27)20-25(3,4)5/h21,29H,6-20H2,1-5H3. The Labute approximate surface area is 179 Å². The molecule has 0 saturated carbocycles. The quantitative estimate of drug-likeness (QED) is 0.258. The van der Waals surface area contributed by atoms with Crippen molar-refractivity contribution < 1.29 is 24.3 Å². The molecule has 2 atom stereocenters. The van der Waals surface area contributed by atoms with Gasteiger partial charge in [-0.05, 0) is 6.42 Å². The first-order valence-corrected chi connectivity index (χ1v) is 11.8. The molecule has 5 heteroatoms. The molecule has 0 aromatic heterocycles. The van der Waals surface area contributed by atoms with Gasteiger partial charge >= 0.3 is 0 Å². The number of aliphatic carboxylic acids is 1. The minimum Gasteiger partial charge on any atom is -0.550 e. The maximum absolute atomic E-state index is 12.8. The fourth-order valence-electron chi connectivity index (χ4n) is 4.13. The van der Waals surface area contributed by atoms with Crippen molar-refractivity contribution in [1.82, 2.24) is 0 Å². The first-order chi connectivity index (χ1) is 13.5. The van der Waals surface area contributed by atoms with E-state index in [4.69, 9.17) is 0 Å². The van der Waals surface area contributed by atoms with Gasteiger partial charge in [0.05, 0.1) is 21.1 Å². The van der Waals surface area contributed by atoms with Gasteiger partial charge in [-0.1, -0.05) is 90.9 Å². The van der Waals surface area contributed by atoms with Crippen molar-refractivity contribution in [2.24, 2.45) is 5.92 Å². The van der Waals surface area contributed by atoms with E-state index in [1.54, 1.807) is 6.92 Å². The van der Waals surface area contributed by atoms with Crippen molar-refractivity contribution in [3.05, 3.63) is 0 Å². The van der Waals surface area contributed by atoms with E-state index >= 15 is 0 Å². The van der Waals surface area contributed by atoms with E-state index in [9.17, 15) is 19.8 Å². The van der Waals surface area contributed by atoms with Crippen LogP contribution in [-0.4, -0.2) is 54.6 Å². The Morgan fingerprint density at radius 1 is 0.862 bits per heavy atom. The Morgan fingerprint density at radius 2 is 1.28 bits per heavy atom. The van der Waals surface area contributed by atoms with Crippen molar-refractivity contribution in [1.29, 1.82) is 0 Å². The lowest BCUT2D eigenvalue weighted by atomic mass is 9.83. The normalized spacial score (nSPS) is 15.1. The number of carbonyl (C=O) groups is 2. The minimum atomic E-state index is -1.85. The summed E-state index contributed by atoms with van der Waals surface area (Å²) in [5, 5.41) is 21.8. The molecule has 0 heterocycles. The highest BCUT2D eigenvalue weighted by Gasteiger charge is 2.42. The first-order valence-electron chi connectivity index (χ1n) is 11.8. The number of hydrogen-bond acceptors (Lipinski definition) is 4. The number of carboxylic acids is 1. The van der Waals surface area contributed by atoms with E-state index in [0.29, 0.717) is 10.9 Å². The van der Waals surface area contributed by atoms with Crippen LogP contribution in [0.25, 0.3) is 0 Å². The molecule has 29 heavy (non-hydrogen) atoms. The van der Waals surface area contributed by atoms with Crippen LogP contribution in [0.2, 0.25) is 0 Å². The number of unbranched alkanes of at least 4 members (excludes halogenated alkanes) is 11. The van der Waals surface area contributed by atoms with Gasteiger partial charge in [0.2, 0.25) is 0 Å². The SMILES string of the molecule is CCCCCCCCCCCCCCC(C)C(=O)C(O)(CC(=O)[O-])C[N+](C)(C)C. The molecule has 2 unspecified atom stereocenters.